The van der Waals surface area contributed by atoms with Gasteiger partial charge in [-0.05, 0) is 48.0 Å². The Morgan fingerprint density at radius 1 is 1.33 bits per heavy atom. The molecule has 1 aliphatic carbocycles. The molecule has 2 aromatic heterocycles. The second kappa shape index (κ2) is 7.43. The normalized spacial score (nSPS) is 16.1. The molecule has 8 heteroatoms. The van der Waals surface area contributed by atoms with Gasteiger partial charge < -0.3 is 15.4 Å². The van der Waals surface area contributed by atoms with E-state index in [9.17, 15) is 9.90 Å². The topological polar surface area (TPSA) is 78.0 Å². The van der Waals surface area contributed by atoms with E-state index < -0.39 is 5.60 Å². The minimum absolute atomic E-state index is 0.159. The lowest BCUT2D eigenvalue weighted by Gasteiger charge is -2.24. The summed E-state index contributed by atoms with van der Waals surface area (Å²) in [5.41, 5.74) is 2.46. The van der Waals surface area contributed by atoms with Crippen LogP contribution >= 0.6 is 34.7 Å². The number of carbonyl (C=O) groups is 1. The van der Waals surface area contributed by atoms with Crippen molar-refractivity contribution in [1.82, 2.24) is 14.7 Å². The van der Waals surface area contributed by atoms with Crippen LogP contribution in [0, 0.1) is 0 Å². The highest BCUT2D eigenvalue weighted by atomic mass is 35.5. The largest absolute Gasteiger partial charge is 0.385 e. The molecule has 1 saturated carbocycles. The zero-order valence-corrected chi connectivity index (χ0v) is 16.8. The third-order valence-corrected chi connectivity index (χ3v) is 6.82. The van der Waals surface area contributed by atoms with Crippen LogP contribution in [-0.4, -0.2) is 26.9 Å². The van der Waals surface area contributed by atoms with Gasteiger partial charge in [-0.3, -0.25) is 4.79 Å². The Bertz CT molecular complexity index is 992. The molecule has 0 aliphatic heterocycles. The molecule has 2 heterocycles. The van der Waals surface area contributed by atoms with Crippen LogP contribution in [0.1, 0.15) is 47.3 Å². The third-order valence-electron chi connectivity index (χ3n) is 5.21. The monoisotopic (exact) mass is 423 g/mol. The van der Waals surface area contributed by atoms with Crippen LogP contribution in [0.15, 0.2) is 24.4 Å². The number of nitrogens with one attached hydrogen (secondary N) is 2. The van der Waals surface area contributed by atoms with E-state index in [4.69, 9.17) is 23.2 Å². The van der Waals surface area contributed by atoms with Crippen molar-refractivity contribution in [3.63, 3.8) is 0 Å². The number of aromatic amines is 1. The van der Waals surface area contributed by atoms with Crippen molar-refractivity contribution >= 4 is 51.5 Å². The lowest BCUT2D eigenvalue weighted by Crippen LogP contribution is -2.26. The maximum atomic E-state index is 12.2. The maximum absolute atomic E-state index is 12.2. The lowest BCUT2D eigenvalue weighted by molar-refractivity contribution is 0.0460. The lowest BCUT2D eigenvalue weighted by atomic mass is 9.88. The van der Waals surface area contributed by atoms with Gasteiger partial charge in [0.1, 0.15) is 9.36 Å². The van der Waals surface area contributed by atoms with Crippen molar-refractivity contribution in [2.75, 3.05) is 6.54 Å². The Morgan fingerprint density at radius 2 is 2.11 bits per heavy atom. The molecule has 1 aromatic carbocycles. The van der Waals surface area contributed by atoms with Crippen LogP contribution < -0.4 is 5.32 Å². The van der Waals surface area contributed by atoms with Gasteiger partial charge in [0, 0.05) is 23.6 Å². The number of aliphatic hydroxyl groups is 1. The van der Waals surface area contributed by atoms with Gasteiger partial charge >= 0.3 is 0 Å². The zero-order chi connectivity index (χ0) is 19.0. The summed E-state index contributed by atoms with van der Waals surface area (Å²) < 4.78 is 4.30. The molecule has 0 atom stereocenters. The first-order valence-corrected chi connectivity index (χ1v) is 10.4. The van der Waals surface area contributed by atoms with E-state index in [1.54, 1.807) is 0 Å². The molecule has 142 valence electrons. The Labute approximate surface area is 170 Å². The van der Waals surface area contributed by atoms with Crippen molar-refractivity contribution in [3.05, 3.63) is 50.6 Å². The van der Waals surface area contributed by atoms with Gasteiger partial charge in [0.25, 0.3) is 5.91 Å². The predicted molar refractivity (Wildman–Crippen MR) is 109 cm³/mol. The molecule has 4 rings (SSSR count). The molecule has 1 aliphatic rings. The number of carbonyl (C=O) groups excluding carboxylic acids is 1. The molecule has 0 unspecified atom stereocenters. The Balaban J connectivity index is 1.53. The van der Waals surface area contributed by atoms with E-state index in [1.165, 1.54) is 0 Å². The third kappa shape index (κ3) is 3.47. The fraction of sp³-hybridized carbons (Fsp3) is 0.368. The van der Waals surface area contributed by atoms with E-state index in [1.807, 2.05) is 24.4 Å². The maximum Gasteiger partial charge on any atom is 0.272 e. The Kier molecular flexibility index (Phi) is 5.16. The summed E-state index contributed by atoms with van der Waals surface area (Å²) in [7, 11) is 0. The van der Waals surface area contributed by atoms with E-state index in [0.717, 1.165) is 59.2 Å². The molecule has 0 spiro atoms. The first kappa shape index (κ1) is 18.7. The van der Waals surface area contributed by atoms with Crippen LogP contribution in [0.3, 0.4) is 0 Å². The first-order chi connectivity index (χ1) is 13.0. The summed E-state index contributed by atoms with van der Waals surface area (Å²) in [5, 5.41) is 15.2. The number of rotatable bonds is 5. The van der Waals surface area contributed by atoms with E-state index in [-0.39, 0.29) is 16.6 Å². The van der Waals surface area contributed by atoms with Crippen molar-refractivity contribution in [2.24, 2.45) is 0 Å². The van der Waals surface area contributed by atoms with E-state index in [0.29, 0.717) is 17.3 Å². The number of H-pyrrole nitrogens is 1. The number of halogens is 2. The Morgan fingerprint density at radius 3 is 2.81 bits per heavy atom. The van der Waals surface area contributed by atoms with Gasteiger partial charge in [-0.2, -0.15) is 4.37 Å². The standard InChI is InChI=1S/C19H19Cl2N3O2S/c20-15-16(24-27-17(15)21)18(25)22-9-6-11-10-23-13-5-3-4-12(14(11)13)19(26)7-1-2-8-19/h3-5,10,23,26H,1-2,6-9H2,(H,22,25). The summed E-state index contributed by atoms with van der Waals surface area (Å²) in [6.45, 7) is 0.435. The molecule has 27 heavy (non-hydrogen) atoms. The molecule has 0 saturated heterocycles. The fourth-order valence-electron chi connectivity index (χ4n) is 3.86. The number of nitrogens with zero attached hydrogens (tertiary/aromatic N) is 1. The van der Waals surface area contributed by atoms with Crippen molar-refractivity contribution in [3.8, 4) is 0 Å². The molecule has 1 fully saturated rings. The molecular weight excluding hydrogens is 405 g/mol. The Hall–Kier alpha value is -1.60. The van der Waals surface area contributed by atoms with Crippen LogP contribution in [0.4, 0.5) is 0 Å². The number of fused-ring (bicyclic) bond motifs is 1. The van der Waals surface area contributed by atoms with Gasteiger partial charge in [-0.15, -0.1) is 0 Å². The van der Waals surface area contributed by atoms with Gasteiger partial charge in [0.15, 0.2) is 5.69 Å². The fourth-order valence-corrected chi connectivity index (χ4v) is 4.86. The first-order valence-electron chi connectivity index (χ1n) is 8.90. The molecule has 0 radical (unpaired) electrons. The average molecular weight is 424 g/mol. The summed E-state index contributed by atoms with van der Waals surface area (Å²) in [5.74, 6) is -0.336. The van der Waals surface area contributed by atoms with Crippen LogP contribution in [-0.2, 0) is 12.0 Å². The second-order valence-corrected chi connectivity index (χ2v) is 8.66. The van der Waals surface area contributed by atoms with E-state index >= 15 is 0 Å². The van der Waals surface area contributed by atoms with Gasteiger partial charge in [-0.1, -0.05) is 48.2 Å². The number of benzene rings is 1. The number of amides is 1. The minimum Gasteiger partial charge on any atom is -0.385 e. The smallest absolute Gasteiger partial charge is 0.272 e. The highest BCUT2D eigenvalue weighted by Gasteiger charge is 2.35. The highest BCUT2D eigenvalue weighted by molar-refractivity contribution is 7.11. The summed E-state index contributed by atoms with van der Waals surface area (Å²) >= 11 is 12.9. The number of hydrogen-bond acceptors (Lipinski definition) is 4. The van der Waals surface area contributed by atoms with Crippen molar-refractivity contribution < 1.29 is 9.90 Å². The van der Waals surface area contributed by atoms with Crippen molar-refractivity contribution in [2.45, 2.75) is 37.7 Å². The molecule has 5 nitrogen and oxygen atoms in total. The van der Waals surface area contributed by atoms with Gasteiger partial charge in [-0.25, -0.2) is 0 Å². The summed E-state index contributed by atoms with van der Waals surface area (Å²) in [4.78, 5) is 15.5. The average Bonchev–Trinajstić information content (AvgIpc) is 3.36. The van der Waals surface area contributed by atoms with E-state index in [2.05, 4.69) is 14.7 Å². The van der Waals surface area contributed by atoms with Crippen molar-refractivity contribution in [1.29, 1.82) is 0 Å². The SMILES string of the molecule is O=C(NCCc1c[nH]c2cccc(C3(O)CCCC3)c12)c1nsc(Cl)c1Cl. The summed E-state index contributed by atoms with van der Waals surface area (Å²) in [6.07, 6.45) is 6.24. The molecule has 3 N–H and O–H groups in total. The second-order valence-electron chi connectivity index (χ2n) is 6.91. The molecule has 0 bridgehead atoms. The molecular formula is C19H19Cl2N3O2S. The highest BCUT2D eigenvalue weighted by Crippen LogP contribution is 2.42. The number of aromatic nitrogens is 2. The number of hydrogen-bond donors (Lipinski definition) is 3. The zero-order valence-electron chi connectivity index (χ0n) is 14.5. The quantitative estimate of drug-likeness (QED) is 0.557. The van der Waals surface area contributed by atoms with Crippen LogP contribution in [0.2, 0.25) is 9.36 Å². The molecule has 3 aromatic rings. The molecule has 1 amide bonds. The summed E-state index contributed by atoms with van der Waals surface area (Å²) in [6, 6.07) is 6.00. The van der Waals surface area contributed by atoms with Gasteiger partial charge in [0.05, 0.1) is 5.60 Å². The van der Waals surface area contributed by atoms with Crippen LogP contribution in [0.5, 0.6) is 0 Å². The van der Waals surface area contributed by atoms with Gasteiger partial charge in [0.2, 0.25) is 0 Å². The minimum atomic E-state index is -0.759. The van der Waals surface area contributed by atoms with Crippen LogP contribution in [0.25, 0.3) is 10.9 Å². The predicted octanol–water partition coefficient (Wildman–Crippen LogP) is 4.67.